The number of amides is 1. The van der Waals surface area contributed by atoms with Gasteiger partial charge in [-0.25, -0.2) is 0 Å². The molecule has 0 saturated carbocycles. The molecule has 1 heterocycles. The number of carbonyl (C=O) groups excluding carboxylic acids is 1. The summed E-state index contributed by atoms with van der Waals surface area (Å²) >= 11 is 0. The number of methoxy groups -OCH3 is 1. The number of hydrogen-bond acceptors (Lipinski definition) is 3. The van der Waals surface area contributed by atoms with E-state index in [-0.39, 0.29) is 23.8 Å². The van der Waals surface area contributed by atoms with Crippen LogP contribution in [0.5, 0.6) is 5.75 Å². The minimum atomic E-state index is -0.308. The van der Waals surface area contributed by atoms with Gasteiger partial charge in [-0.15, -0.1) is 0 Å². The zero-order valence-corrected chi connectivity index (χ0v) is 12.2. The maximum Gasteiger partial charge on any atom is 0.293 e. The number of aromatic nitrogens is 1. The average molecular weight is 286 g/mol. The molecule has 1 aromatic heterocycles. The van der Waals surface area contributed by atoms with E-state index in [2.05, 4.69) is 0 Å². The average Bonchev–Trinajstić information content (AvgIpc) is 2.51. The first-order chi connectivity index (χ1) is 10.2. The summed E-state index contributed by atoms with van der Waals surface area (Å²) in [5.41, 5.74) is 0.512. The van der Waals surface area contributed by atoms with Crippen molar-refractivity contribution >= 4 is 11.6 Å². The van der Waals surface area contributed by atoms with Crippen molar-refractivity contribution in [3.8, 4) is 5.75 Å². The zero-order valence-electron chi connectivity index (χ0n) is 12.2. The molecule has 2 aromatic rings. The molecular weight excluding hydrogens is 268 g/mol. The normalized spacial score (nSPS) is 10.2. The maximum absolute atomic E-state index is 12.4. The second-order valence-corrected chi connectivity index (χ2v) is 4.48. The van der Waals surface area contributed by atoms with Gasteiger partial charge >= 0.3 is 0 Å². The van der Waals surface area contributed by atoms with Gasteiger partial charge in [0, 0.05) is 18.4 Å². The number of ether oxygens (including phenoxy) is 1. The van der Waals surface area contributed by atoms with E-state index < -0.39 is 0 Å². The number of likely N-dealkylation sites (N-methyl/N-ethyl adjacent to an activating group) is 1. The Labute approximate surface area is 123 Å². The number of pyridine rings is 1. The summed E-state index contributed by atoms with van der Waals surface area (Å²) in [5, 5.41) is 0. The van der Waals surface area contributed by atoms with Gasteiger partial charge in [0.05, 0.1) is 7.11 Å². The van der Waals surface area contributed by atoms with Crippen LogP contribution in [0.1, 0.15) is 6.92 Å². The highest BCUT2D eigenvalue weighted by Crippen LogP contribution is 2.13. The topological polar surface area (TPSA) is 51.5 Å². The van der Waals surface area contributed by atoms with Gasteiger partial charge in [-0.1, -0.05) is 18.2 Å². The van der Waals surface area contributed by atoms with Crippen molar-refractivity contribution in [3.05, 3.63) is 59.0 Å². The van der Waals surface area contributed by atoms with Gasteiger partial charge < -0.3 is 14.2 Å². The van der Waals surface area contributed by atoms with E-state index in [0.717, 1.165) is 5.69 Å². The molecule has 0 fully saturated rings. The number of benzene rings is 1. The van der Waals surface area contributed by atoms with Gasteiger partial charge in [0.25, 0.3) is 5.56 Å². The standard InChI is InChI=1S/C16H18N2O3/c1-3-18(13-8-5-4-6-9-13)15(19)12-17-11-7-10-14(21-2)16(17)20/h4-11H,3,12H2,1-2H3. The summed E-state index contributed by atoms with van der Waals surface area (Å²) in [7, 11) is 1.44. The van der Waals surface area contributed by atoms with Crippen LogP contribution >= 0.6 is 0 Å². The minimum Gasteiger partial charge on any atom is -0.491 e. The van der Waals surface area contributed by atoms with Crippen molar-refractivity contribution in [2.45, 2.75) is 13.5 Å². The van der Waals surface area contributed by atoms with Crippen LogP contribution < -0.4 is 15.2 Å². The van der Waals surface area contributed by atoms with Crippen LogP contribution in [-0.2, 0) is 11.3 Å². The van der Waals surface area contributed by atoms with Crippen molar-refractivity contribution in [1.29, 1.82) is 0 Å². The van der Waals surface area contributed by atoms with Crippen LogP contribution in [0.15, 0.2) is 53.5 Å². The lowest BCUT2D eigenvalue weighted by molar-refractivity contribution is -0.119. The number of carbonyl (C=O) groups is 1. The minimum absolute atomic E-state index is 0.0151. The van der Waals surface area contributed by atoms with E-state index in [4.69, 9.17) is 4.74 Å². The first kappa shape index (κ1) is 14.8. The van der Waals surface area contributed by atoms with Gasteiger partial charge in [-0.2, -0.15) is 0 Å². The van der Waals surface area contributed by atoms with E-state index in [0.29, 0.717) is 6.54 Å². The second kappa shape index (κ2) is 6.74. The molecule has 0 aliphatic rings. The van der Waals surface area contributed by atoms with Gasteiger partial charge in [0.2, 0.25) is 5.91 Å². The van der Waals surface area contributed by atoms with E-state index >= 15 is 0 Å². The molecular formula is C16H18N2O3. The van der Waals surface area contributed by atoms with E-state index in [9.17, 15) is 9.59 Å². The summed E-state index contributed by atoms with van der Waals surface area (Å²) in [5.74, 6) is 0.0899. The lowest BCUT2D eigenvalue weighted by Crippen LogP contribution is -2.36. The smallest absolute Gasteiger partial charge is 0.293 e. The summed E-state index contributed by atoms with van der Waals surface area (Å²) in [6, 6.07) is 12.7. The molecule has 0 bridgehead atoms. The second-order valence-electron chi connectivity index (χ2n) is 4.48. The molecule has 5 nitrogen and oxygen atoms in total. The molecule has 110 valence electrons. The fraction of sp³-hybridized carbons (Fsp3) is 0.250. The number of rotatable bonds is 5. The molecule has 0 radical (unpaired) electrons. The number of anilines is 1. The Morgan fingerprint density at radius 2 is 1.90 bits per heavy atom. The summed E-state index contributed by atoms with van der Waals surface area (Å²) in [6.07, 6.45) is 1.58. The Hall–Kier alpha value is -2.56. The third-order valence-electron chi connectivity index (χ3n) is 3.20. The van der Waals surface area contributed by atoms with Crippen LogP contribution in [0, 0.1) is 0 Å². The summed E-state index contributed by atoms with van der Waals surface area (Å²) in [4.78, 5) is 26.1. The molecule has 0 unspecified atom stereocenters. The molecule has 0 atom stereocenters. The first-order valence-corrected chi connectivity index (χ1v) is 6.76. The van der Waals surface area contributed by atoms with Crippen molar-refractivity contribution in [1.82, 2.24) is 4.57 Å². The molecule has 0 spiro atoms. The van der Waals surface area contributed by atoms with Gasteiger partial charge in [0.1, 0.15) is 6.54 Å². The van der Waals surface area contributed by atoms with Crippen molar-refractivity contribution < 1.29 is 9.53 Å². The quantitative estimate of drug-likeness (QED) is 0.843. The Morgan fingerprint density at radius 3 is 2.52 bits per heavy atom. The molecule has 0 aliphatic heterocycles. The number of nitrogens with zero attached hydrogens (tertiary/aromatic N) is 2. The molecule has 1 aromatic carbocycles. The Balaban J connectivity index is 2.23. The van der Waals surface area contributed by atoms with Gasteiger partial charge in [-0.3, -0.25) is 9.59 Å². The predicted octanol–water partition coefficient (Wildman–Crippen LogP) is 1.91. The monoisotopic (exact) mass is 286 g/mol. The van der Waals surface area contributed by atoms with Crippen LogP contribution in [-0.4, -0.2) is 24.1 Å². The highest BCUT2D eigenvalue weighted by Gasteiger charge is 2.15. The highest BCUT2D eigenvalue weighted by atomic mass is 16.5. The van der Waals surface area contributed by atoms with E-state index in [1.54, 1.807) is 23.2 Å². The summed E-state index contributed by atoms with van der Waals surface area (Å²) < 4.78 is 6.33. The molecule has 0 saturated heterocycles. The van der Waals surface area contributed by atoms with Gasteiger partial charge in [-0.05, 0) is 31.2 Å². The molecule has 21 heavy (non-hydrogen) atoms. The largest absolute Gasteiger partial charge is 0.491 e. The molecule has 1 amide bonds. The zero-order chi connectivity index (χ0) is 15.2. The van der Waals surface area contributed by atoms with E-state index in [1.807, 2.05) is 37.3 Å². The SMILES string of the molecule is CCN(C(=O)Cn1cccc(OC)c1=O)c1ccccc1. The van der Waals surface area contributed by atoms with Crippen molar-refractivity contribution in [2.75, 3.05) is 18.6 Å². The van der Waals surface area contributed by atoms with Crippen LogP contribution in [0.3, 0.4) is 0 Å². The Morgan fingerprint density at radius 1 is 1.19 bits per heavy atom. The fourth-order valence-corrected chi connectivity index (χ4v) is 2.14. The highest BCUT2D eigenvalue weighted by molar-refractivity contribution is 5.93. The number of para-hydroxylation sites is 1. The predicted molar refractivity (Wildman–Crippen MR) is 81.7 cm³/mol. The number of hydrogen-bond donors (Lipinski definition) is 0. The first-order valence-electron chi connectivity index (χ1n) is 6.76. The third-order valence-corrected chi connectivity index (χ3v) is 3.20. The van der Waals surface area contributed by atoms with Crippen molar-refractivity contribution in [3.63, 3.8) is 0 Å². The Kier molecular flexibility index (Phi) is 4.77. The fourth-order valence-electron chi connectivity index (χ4n) is 2.14. The molecule has 0 aliphatic carbocycles. The van der Waals surface area contributed by atoms with Crippen LogP contribution in [0.2, 0.25) is 0 Å². The van der Waals surface area contributed by atoms with Gasteiger partial charge in [0.15, 0.2) is 5.75 Å². The third kappa shape index (κ3) is 3.31. The van der Waals surface area contributed by atoms with Crippen LogP contribution in [0.4, 0.5) is 5.69 Å². The molecule has 0 N–H and O–H groups in total. The Bertz CT molecular complexity index is 665. The van der Waals surface area contributed by atoms with Crippen LogP contribution in [0.25, 0.3) is 0 Å². The van der Waals surface area contributed by atoms with Crippen molar-refractivity contribution in [2.24, 2.45) is 0 Å². The molecule has 2 rings (SSSR count). The van der Waals surface area contributed by atoms with E-state index in [1.165, 1.54) is 11.7 Å². The molecule has 5 heteroatoms. The summed E-state index contributed by atoms with van der Waals surface area (Å²) in [6.45, 7) is 2.43. The lowest BCUT2D eigenvalue weighted by atomic mass is 10.3. The maximum atomic E-state index is 12.4. The lowest BCUT2D eigenvalue weighted by Gasteiger charge is -2.21.